The summed E-state index contributed by atoms with van der Waals surface area (Å²) < 4.78 is 3.35. The van der Waals surface area contributed by atoms with Crippen LogP contribution in [0.5, 0.6) is 0 Å². The molecule has 0 aliphatic rings. The fourth-order valence-electron chi connectivity index (χ4n) is 1.72. The van der Waals surface area contributed by atoms with E-state index in [4.69, 9.17) is 0 Å². The van der Waals surface area contributed by atoms with Crippen LogP contribution in [0.3, 0.4) is 0 Å². The van der Waals surface area contributed by atoms with E-state index in [0.29, 0.717) is 12.0 Å². The van der Waals surface area contributed by atoms with Gasteiger partial charge in [0.2, 0.25) is 0 Å². The van der Waals surface area contributed by atoms with Crippen molar-refractivity contribution >= 4 is 5.78 Å². The number of Topliss-reactive ketones (excluding diaryl/α,β-unsaturated/α-hetero) is 1. The molecular formula is C11H14N4O. The number of aryl methyl sites for hydroxylation is 3. The number of aromatic nitrogens is 4. The van der Waals surface area contributed by atoms with Gasteiger partial charge in [-0.05, 0) is 12.5 Å². The van der Waals surface area contributed by atoms with Crippen LogP contribution in [0.2, 0.25) is 0 Å². The van der Waals surface area contributed by atoms with Crippen molar-refractivity contribution in [2.24, 2.45) is 14.1 Å². The maximum atomic E-state index is 12.0. The molecule has 0 radical (unpaired) electrons. The molecular weight excluding hydrogens is 204 g/mol. The number of ketones is 1. The van der Waals surface area contributed by atoms with E-state index in [1.807, 2.05) is 27.2 Å². The monoisotopic (exact) mass is 218 g/mol. The number of carbonyl (C=O) groups excluding carboxylic acids is 1. The molecule has 84 valence electrons. The minimum Gasteiger partial charge on any atom is -0.294 e. The van der Waals surface area contributed by atoms with Crippen LogP contribution in [0.15, 0.2) is 18.6 Å². The summed E-state index contributed by atoms with van der Waals surface area (Å²) in [5, 5.41) is 8.19. The van der Waals surface area contributed by atoms with E-state index in [0.717, 1.165) is 11.3 Å². The van der Waals surface area contributed by atoms with Gasteiger partial charge in [-0.15, -0.1) is 0 Å². The Labute approximate surface area is 93.7 Å². The molecule has 0 saturated carbocycles. The normalized spacial score (nSPS) is 10.7. The molecule has 5 heteroatoms. The van der Waals surface area contributed by atoms with Crippen LogP contribution in [-0.4, -0.2) is 25.3 Å². The number of carbonyl (C=O) groups is 1. The van der Waals surface area contributed by atoms with E-state index < -0.39 is 0 Å². The van der Waals surface area contributed by atoms with Crippen molar-refractivity contribution in [2.75, 3.05) is 0 Å². The second kappa shape index (κ2) is 3.92. The minimum absolute atomic E-state index is 0.0820. The quantitative estimate of drug-likeness (QED) is 0.719. The van der Waals surface area contributed by atoms with Crippen molar-refractivity contribution in [3.63, 3.8) is 0 Å². The molecule has 0 aliphatic heterocycles. The van der Waals surface area contributed by atoms with Crippen LogP contribution in [0, 0.1) is 6.92 Å². The number of hydrogen-bond acceptors (Lipinski definition) is 3. The first-order chi connectivity index (χ1) is 7.56. The van der Waals surface area contributed by atoms with Gasteiger partial charge in [-0.25, -0.2) is 0 Å². The minimum atomic E-state index is 0.0820. The van der Waals surface area contributed by atoms with Crippen LogP contribution in [0.4, 0.5) is 0 Å². The van der Waals surface area contributed by atoms with Gasteiger partial charge < -0.3 is 0 Å². The first-order valence-electron chi connectivity index (χ1n) is 5.07. The topological polar surface area (TPSA) is 52.7 Å². The number of rotatable bonds is 3. The summed E-state index contributed by atoms with van der Waals surface area (Å²) in [6.07, 6.45) is 5.70. The predicted octanol–water partition coefficient (Wildman–Crippen LogP) is 0.887. The molecule has 2 aromatic rings. The molecule has 0 fully saturated rings. The molecule has 2 heterocycles. The third-order valence-corrected chi connectivity index (χ3v) is 2.44. The molecule has 5 nitrogen and oxygen atoms in total. The highest BCUT2D eigenvalue weighted by Crippen LogP contribution is 2.09. The Kier molecular flexibility index (Phi) is 2.60. The van der Waals surface area contributed by atoms with E-state index in [-0.39, 0.29) is 5.78 Å². The maximum Gasteiger partial charge on any atom is 0.170 e. The highest BCUT2D eigenvalue weighted by atomic mass is 16.1. The standard InChI is InChI=1S/C11H14N4O/c1-8-10(7-15(3)13-8)11(16)4-9-5-12-14(2)6-9/h5-7H,4H2,1-3H3. The van der Waals surface area contributed by atoms with Crippen molar-refractivity contribution in [1.82, 2.24) is 19.6 Å². The summed E-state index contributed by atoms with van der Waals surface area (Å²) in [5.41, 5.74) is 2.39. The van der Waals surface area contributed by atoms with Crippen LogP contribution in [-0.2, 0) is 20.5 Å². The van der Waals surface area contributed by atoms with Crippen molar-refractivity contribution in [3.8, 4) is 0 Å². The second-order valence-corrected chi connectivity index (χ2v) is 3.92. The van der Waals surface area contributed by atoms with Crippen molar-refractivity contribution in [3.05, 3.63) is 35.4 Å². The Morgan fingerprint density at radius 1 is 1.31 bits per heavy atom. The van der Waals surface area contributed by atoms with Crippen molar-refractivity contribution < 1.29 is 4.79 Å². The molecule has 2 rings (SSSR count). The largest absolute Gasteiger partial charge is 0.294 e. The van der Waals surface area contributed by atoms with E-state index >= 15 is 0 Å². The summed E-state index contributed by atoms with van der Waals surface area (Å²) in [6, 6.07) is 0. The van der Waals surface area contributed by atoms with Gasteiger partial charge in [0.05, 0.1) is 17.5 Å². The lowest BCUT2D eigenvalue weighted by Gasteiger charge is -1.95. The Morgan fingerprint density at radius 2 is 2.06 bits per heavy atom. The van der Waals surface area contributed by atoms with E-state index in [1.54, 1.807) is 21.8 Å². The second-order valence-electron chi connectivity index (χ2n) is 3.92. The predicted molar refractivity (Wildman–Crippen MR) is 59.2 cm³/mol. The molecule has 0 amide bonds. The van der Waals surface area contributed by atoms with Gasteiger partial charge in [-0.3, -0.25) is 14.2 Å². The van der Waals surface area contributed by atoms with Crippen LogP contribution < -0.4 is 0 Å². The SMILES string of the molecule is Cc1nn(C)cc1C(=O)Cc1cnn(C)c1. The van der Waals surface area contributed by atoms with Gasteiger partial charge in [0.25, 0.3) is 0 Å². The zero-order valence-electron chi connectivity index (χ0n) is 9.64. The molecule has 0 atom stereocenters. The third kappa shape index (κ3) is 2.03. The summed E-state index contributed by atoms with van der Waals surface area (Å²) in [5.74, 6) is 0.0820. The first-order valence-corrected chi connectivity index (χ1v) is 5.07. The Morgan fingerprint density at radius 3 is 2.56 bits per heavy atom. The lowest BCUT2D eigenvalue weighted by atomic mass is 10.1. The Hall–Kier alpha value is -1.91. The molecule has 0 aliphatic carbocycles. The van der Waals surface area contributed by atoms with E-state index in [2.05, 4.69) is 10.2 Å². The maximum absolute atomic E-state index is 12.0. The highest BCUT2D eigenvalue weighted by Gasteiger charge is 2.13. The van der Waals surface area contributed by atoms with Crippen LogP contribution in [0.25, 0.3) is 0 Å². The zero-order valence-corrected chi connectivity index (χ0v) is 9.64. The number of nitrogens with zero attached hydrogens (tertiary/aromatic N) is 4. The van der Waals surface area contributed by atoms with Crippen LogP contribution in [0.1, 0.15) is 21.6 Å². The Balaban J connectivity index is 2.17. The molecule has 16 heavy (non-hydrogen) atoms. The van der Waals surface area contributed by atoms with Crippen molar-refractivity contribution in [1.29, 1.82) is 0 Å². The van der Waals surface area contributed by atoms with Gasteiger partial charge in [0.1, 0.15) is 0 Å². The average Bonchev–Trinajstić information content (AvgIpc) is 2.73. The molecule has 0 unspecified atom stereocenters. The Bertz CT molecular complexity index is 524. The summed E-state index contributed by atoms with van der Waals surface area (Å²) in [6.45, 7) is 1.84. The highest BCUT2D eigenvalue weighted by molar-refractivity contribution is 5.98. The number of hydrogen-bond donors (Lipinski definition) is 0. The van der Waals surface area contributed by atoms with Gasteiger partial charge >= 0.3 is 0 Å². The fraction of sp³-hybridized carbons (Fsp3) is 0.364. The van der Waals surface area contributed by atoms with Gasteiger partial charge in [0.15, 0.2) is 5.78 Å². The van der Waals surface area contributed by atoms with E-state index in [9.17, 15) is 4.79 Å². The molecule has 0 N–H and O–H groups in total. The van der Waals surface area contributed by atoms with Gasteiger partial charge in [-0.2, -0.15) is 10.2 Å². The van der Waals surface area contributed by atoms with Gasteiger partial charge in [-0.1, -0.05) is 0 Å². The fourth-order valence-corrected chi connectivity index (χ4v) is 1.72. The lowest BCUT2D eigenvalue weighted by molar-refractivity contribution is 0.0992. The average molecular weight is 218 g/mol. The molecule has 2 aromatic heterocycles. The smallest absolute Gasteiger partial charge is 0.170 e. The zero-order chi connectivity index (χ0) is 11.7. The third-order valence-electron chi connectivity index (χ3n) is 2.44. The van der Waals surface area contributed by atoms with Crippen LogP contribution >= 0.6 is 0 Å². The molecule has 0 saturated heterocycles. The summed E-state index contributed by atoms with van der Waals surface area (Å²) in [7, 11) is 3.65. The molecule has 0 aromatic carbocycles. The van der Waals surface area contributed by atoms with Crippen molar-refractivity contribution in [2.45, 2.75) is 13.3 Å². The molecule has 0 bridgehead atoms. The van der Waals surface area contributed by atoms with Gasteiger partial charge in [0, 0.05) is 32.9 Å². The summed E-state index contributed by atoms with van der Waals surface area (Å²) in [4.78, 5) is 12.0. The summed E-state index contributed by atoms with van der Waals surface area (Å²) >= 11 is 0. The first kappa shape index (κ1) is 10.6. The lowest BCUT2D eigenvalue weighted by Crippen LogP contribution is -2.03. The molecule has 0 spiro atoms. The van der Waals surface area contributed by atoms with E-state index in [1.165, 1.54) is 0 Å².